The molecule has 0 saturated carbocycles. The summed E-state index contributed by atoms with van der Waals surface area (Å²) in [6.45, 7) is 0. The van der Waals surface area contributed by atoms with Gasteiger partial charge in [-0.3, -0.25) is 0 Å². The topological polar surface area (TPSA) is 68.9 Å². The average Bonchev–Trinajstić information content (AvgIpc) is 4.35. The molecule has 8 nitrogen and oxygen atoms in total. The molecule has 8 heteroatoms. The molecule has 20 aromatic rings. The largest absolute Gasteiger partial charge is 0.456 e. The number of benzene rings is 14. The van der Waals surface area contributed by atoms with Crippen LogP contribution >= 0.6 is 0 Å². The Labute approximate surface area is 512 Å². The molecule has 90 heavy (non-hydrogen) atoms. The molecule has 0 radical (unpaired) electrons. The normalized spacial score (nSPS) is 12.2. The Hall–Kier alpha value is -12.3. The van der Waals surface area contributed by atoms with Crippen LogP contribution < -0.4 is 9.80 Å². The van der Waals surface area contributed by atoms with E-state index in [2.05, 4.69) is 286 Å². The van der Waals surface area contributed by atoms with E-state index in [0.29, 0.717) is 0 Å². The van der Waals surface area contributed by atoms with E-state index in [0.717, 1.165) is 166 Å². The van der Waals surface area contributed by atoms with Crippen molar-refractivity contribution >= 4 is 176 Å². The molecule has 14 aromatic carbocycles. The van der Waals surface area contributed by atoms with Crippen molar-refractivity contribution in [2.75, 3.05) is 9.80 Å². The summed E-state index contributed by atoms with van der Waals surface area (Å²) in [6, 6.07) is 104. The number of furan rings is 4. The van der Waals surface area contributed by atoms with Crippen LogP contribution in [0.5, 0.6) is 0 Å². The Bertz CT molecular complexity index is 5990. The zero-order chi connectivity index (χ0) is 58.7. The Morgan fingerprint density at radius 1 is 0.189 bits per heavy atom. The lowest BCUT2D eigenvalue weighted by atomic mass is 10.0. The molecule has 0 fully saturated rings. The minimum absolute atomic E-state index is 0.798. The van der Waals surface area contributed by atoms with Gasteiger partial charge in [0.2, 0.25) is 0 Å². The molecule has 0 saturated heterocycles. The first-order valence-corrected chi connectivity index (χ1v) is 30.4. The number of para-hydroxylation sites is 6. The number of hydrogen-bond donors (Lipinski definition) is 0. The van der Waals surface area contributed by atoms with Gasteiger partial charge in [0.1, 0.15) is 44.7 Å². The Kier molecular flexibility index (Phi) is 10.1. The summed E-state index contributed by atoms with van der Waals surface area (Å²) < 4.78 is 31.3. The molecule has 0 unspecified atom stereocenters. The van der Waals surface area contributed by atoms with Crippen molar-refractivity contribution in [1.29, 1.82) is 0 Å². The summed E-state index contributed by atoms with van der Waals surface area (Å²) in [5.41, 5.74) is 19.5. The average molecular weight is 1150 g/mol. The van der Waals surface area contributed by atoms with Gasteiger partial charge in [-0.25, -0.2) is 0 Å². The fourth-order valence-corrected chi connectivity index (χ4v) is 14.6. The lowest BCUT2D eigenvalue weighted by Gasteiger charge is -2.26. The number of rotatable bonds is 8. The second-order valence-electron chi connectivity index (χ2n) is 23.6. The highest BCUT2D eigenvalue weighted by Crippen LogP contribution is 2.47. The molecular formula is C82H48N4O4. The summed E-state index contributed by atoms with van der Waals surface area (Å²) in [6.07, 6.45) is 0. The van der Waals surface area contributed by atoms with Gasteiger partial charge in [0, 0.05) is 122 Å². The molecule has 420 valence electrons. The van der Waals surface area contributed by atoms with Gasteiger partial charge >= 0.3 is 0 Å². The maximum Gasteiger partial charge on any atom is 0.137 e. The van der Waals surface area contributed by atoms with E-state index < -0.39 is 0 Å². The minimum atomic E-state index is 0.798. The third-order valence-electron chi connectivity index (χ3n) is 18.6. The molecule has 0 spiro atoms. The fraction of sp³-hybridized carbons (Fsp3) is 0. The number of hydrogen-bond acceptors (Lipinski definition) is 6. The second-order valence-corrected chi connectivity index (χ2v) is 23.6. The van der Waals surface area contributed by atoms with Crippen molar-refractivity contribution in [2.45, 2.75) is 0 Å². The summed E-state index contributed by atoms with van der Waals surface area (Å²) >= 11 is 0. The van der Waals surface area contributed by atoms with Crippen LogP contribution in [0.1, 0.15) is 0 Å². The maximum atomic E-state index is 6.95. The van der Waals surface area contributed by atoms with E-state index in [1.165, 1.54) is 21.5 Å². The van der Waals surface area contributed by atoms with E-state index in [9.17, 15) is 0 Å². The molecule has 0 aliphatic carbocycles. The smallest absolute Gasteiger partial charge is 0.137 e. The first kappa shape index (κ1) is 48.9. The van der Waals surface area contributed by atoms with Crippen LogP contribution in [0, 0.1) is 0 Å². The van der Waals surface area contributed by atoms with E-state index in [1.807, 2.05) is 24.3 Å². The van der Waals surface area contributed by atoms with Gasteiger partial charge in [0.15, 0.2) is 0 Å². The van der Waals surface area contributed by atoms with E-state index in [4.69, 9.17) is 17.7 Å². The molecule has 0 amide bonds. The second kappa shape index (κ2) is 18.6. The predicted molar refractivity (Wildman–Crippen MR) is 371 cm³/mol. The maximum absolute atomic E-state index is 6.95. The van der Waals surface area contributed by atoms with E-state index in [1.54, 1.807) is 0 Å². The van der Waals surface area contributed by atoms with Crippen LogP contribution in [0.25, 0.3) is 154 Å². The molecule has 0 aliphatic rings. The standard InChI is InChI=1S/C82H48N4O4/c1-3-15-51(16-4-1)85-71-23-11-7-19-59(71)65-43-53(29-35-73(65)85)83(55-31-37-77-69(45-55)61-21-9-13-25-75(61)87-77)57-27-33-63-67-39-49-40-68-64-34-28-58(48-82(64)90-80(68)42-50(49)41-79(67)89-81(63)47-57)84(56-32-38-78-70(46-56)62-22-10-14-26-76(62)88-78)54-30-36-74-66(44-54)60-20-8-12-24-72(60)86(74)52-17-5-2-6-18-52/h1-48H. The Morgan fingerprint density at radius 3 is 0.956 bits per heavy atom. The monoisotopic (exact) mass is 1150 g/mol. The molecule has 0 N–H and O–H groups in total. The number of nitrogens with zero attached hydrogens (tertiary/aromatic N) is 4. The number of fused-ring (bicyclic) bond motifs is 19. The molecule has 0 atom stereocenters. The highest BCUT2D eigenvalue weighted by molar-refractivity contribution is 6.18. The van der Waals surface area contributed by atoms with Crippen molar-refractivity contribution in [3.8, 4) is 11.4 Å². The molecule has 0 bridgehead atoms. The first-order valence-electron chi connectivity index (χ1n) is 30.4. The van der Waals surface area contributed by atoms with Crippen LogP contribution in [-0.4, -0.2) is 9.13 Å². The van der Waals surface area contributed by atoms with Crippen molar-refractivity contribution in [1.82, 2.24) is 9.13 Å². The van der Waals surface area contributed by atoms with Crippen LogP contribution in [0.4, 0.5) is 34.1 Å². The fourth-order valence-electron chi connectivity index (χ4n) is 14.6. The zero-order valence-corrected chi connectivity index (χ0v) is 48.1. The first-order chi connectivity index (χ1) is 44.6. The number of aromatic nitrogens is 2. The molecular weight excluding hydrogens is 1100 g/mol. The van der Waals surface area contributed by atoms with Crippen LogP contribution in [-0.2, 0) is 0 Å². The van der Waals surface area contributed by atoms with Crippen molar-refractivity contribution in [3.05, 3.63) is 291 Å². The van der Waals surface area contributed by atoms with E-state index in [-0.39, 0.29) is 0 Å². The van der Waals surface area contributed by atoms with Crippen LogP contribution in [0.2, 0.25) is 0 Å². The summed E-state index contributed by atoms with van der Waals surface area (Å²) in [5, 5.41) is 15.3. The molecule has 0 aliphatic heterocycles. The summed E-state index contributed by atoms with van der Waals surface area (Å²) in [5.74, 6) is 0. The molecule has 6 aromatic heterocycles. The van der Waals surface area contributed by atoms with E-state index >= 15 is 0 Å². The SMILES string of the molecule is c1ccc(-n2c3ccccc3c3cc(N(c4ccc5c(c4)oc4cc6cc7oc8cc(N(c9ccc%10oc%11ccccc%11c%10c9)c9ccc%10c(c9)c9ccccc9n%10-c9ccccc9)ccc8c7cc6cc45)c4ccc5oc6ccccc6c5c4)ccc32)cc1. The summed E-state index contributed by atoms with van der Waals surface area (Å²) in [7, 11) is 0. The van der Waals surface area contributed by atoms with Crippen LogP contribution in [0.15, 0.2) is 309 Å². The van der Waals surface area contributed by atoms with Gasteiger partial charge in [-0.15, -0.1) is 0 Å². The predicted octanol–water partition coefficient (Wildman–Crippen LogP) is 23.6. The third kappa shape index (κ3) is 7.24. The van der Waals surface area contributed by atoms with Crippen LogP contribution in [0.3, 0.4) is 0 Å². The third-order valence-corrected chi connectivity index (χ3v) is 18.6. The number of anilines is 6. The molecule has 6 heterocycles. The minimum Gasteiger partial charge on any atom is -0.456 e. The van der Waals surface area contributed by atoms with Crippen molar-refractivity contribution < 1.29 is 17.7 Å². The highest BCUT2D eigenvalue weighted by Gasteiger charge is 2.24. The summed E-state index contributed by atoms with van der Waals surface area (Å²) in [4.78, 5) is 4.68. The highest BCUT2D eigenvalue weighted by atomic mass is 16.3. The van der Waals surface area contributed by atoms with Crippen molar-refractivity contribution in [3.63, 3.8) is 0 Å². The quantitative estimate of drug-likeness (QED) is 0.151. The van der Waals surface area contributed by atoms with Gasteiger partial charge < -0.3 is 36.6 Å². The zero-order valence-electron chi connectivity index (χ0n) is 48.1. The Balaban J connectivity index is 0.714. The van der Waals surface area contributed by atoms with Gasteiger partial charge in [0.05, 0.1) is 22.1 Å². The van der Waals surface area contributed by atoms with Gasteiger partial charge in [-0.2, -0.15) is 0 Å². The van der Waals surface area contributed by atoms with Crippen molar-refractivity contribution in [2.24, 2.45) is 0 Å². The van der Waals surface area contributed by atoms with Gasteiger partial charge in [-0.1, -0.05) is 109 Å². The lowest BCUT2D eigenvalue weighted by Crippen LogP contribution is -2.09. The Morgan fingerprint density at radius 2 is 0.489 bits per heavy atom. The molecule has 20 rings (SSSR count). The van der Waals surface area contributed by atoms with Gasteiger partial charge in [-0.05, 0) is 181 Å². The van der Waals surface area contributed by atoms with Gasteiger partial charge in [0.25, 0.3) is 0 Å². The lowest BCUT2D eigenvalue weighted by molar-refractivity contribution is 0.668.